The van der Waals surface area contributed by atoms with Gasteiger partial charge < -0.3 is 10.1 Å². The van der Waals surface area contributed by atoms with Crippen LogP contribution in [0.3, 0.4) is 0 Å². The van der Waals surface area contributed by atoms with Crippen molar-refractivity contribution in [2.24, 2.45) is 0 Å². The smallest absolute Gasteiger partial charge is 0.256 e. The third-order valence-corrected chi connectivity index (χ3v) is 3.77. The summed E-state index contributed by atoms with van der Waals surface area (Å²) in [4.78, 5) is 12.2. The summed E-state index contributed by atoms with van der Waals surface area (Å²) in [5.74, 6) is -0.497. The van der Waals surface area contributed by atoms with E-state index in [1.54, 1.807) is 12.1 Å². The van der Waals surface area contributed by atoms with E-state index < -0.39 is 11.7 Å². The number of ether oxygens (including phenoxy) is 1. The molecule has 0 spiro atoms. The van der Waals surface area contributed by atoms with Gasteiger partial charge in [0.25, 0.3) is 5.91 Å². The van der Waals surface area contributed by atoms with Crippen molar-refractivity contribution < 1.29 is 13.9 Å². The lowest BCUT2D eigenvalue weighted by molar-refractivity contribution is 0.102. The Hall–Kier alpha value is -1.34. The van der Waals surface area contributed by atoms with Gasteiger partial charge in [-0.05, 0) is 52.9 Å². The van der Waals surface area contributed by atoms with Crippen molar-refractivity contribution in [1.29, 1.82) is 0 Å². The molecular formula is C14H10ClFINO2. The summed E-state index contributed by atoms with van der Waals surface area (Å²) in [5.41, 5.74) is 0.449. The van der Waals surface area contributed by atoms with Crippen molar-refractivity contribution in [2.45, 2.75) is 0 Å². The average molecular weight is 406 g/mol. The second-order valence-corrected chi connectivity index (χ2v) is 5.52. The van der Waals surface area contributed by atoms with Crippen LogP contribution in [0.2, 0.25) is 5.02 Å². The van der Waals surface area contributed by atoms with Gasteiger partial charge in [-0.3, -0.25) is 4.79 Å². The Balaban J connectivity index is 2.30. The second-order valence-electron chi connectivity index (χ2n) is 3.92. The monoisotopic (exact) mass is 405 g/mol. The minimum atomic E-state index is -0.531. The Labute approximate surface area is 134 Å². The van der Waals surface area contributed by atoms with Gasteiger partial charge in [0.1, 0.15) is 11.6 Å². The van der Waals surface area contributed by atoms with E-state index in [0.717, 1.165) is 3.57 Å². The third kappa shape index (κ3) is 3.40. The molecule has 3 nitrogen and oxygen atoms in total. The summed E-state index contributed by atoms with van der Waals surface area (Å²) in [6, 6.07) is 9.08. The maximum atomic E-state index is 13.7. The summed E-state index contributed by atoms with van der Waals surface area (Å²) in [6.45, 7) is 0. The van der Waals surface area contributed by atoms with Gasteiger partial charge >= 0.3 is 0 Å². The highest BCUT2D eigenvalue weighted by atomic mass is 127. The number of rotatable bonds is 3. The van der Waals surface area contributed by atoms with Crippen molar-refractivity contribution in [3.05, 3.63) is 56.4 Å². The van der Waals surface area contributed by atoms with Crippen LogP contribution in [0.25, 0.3) is 0 Å². The quantitative estimate of drug-likeness (QED) is 0.771. The maximum Gasteiger partial charge on any atom is 0.256 e. The normalized spacial score (nSPS) is 10.2. The Bertz CT molecular complexity index is 664. The van der Waals surface area contributed by atoms with E-state index in [1.807, 2.05) is 22.6 Å². The van der Waals surface area contributed by atoms with Crippen molar-refractivity contribution >= 4 is 45.8 Å². The van der Waals surface area contributed by atoms with Gasteiger partial charge in [-0.2, -0.15) is 0 Å². The molecule has 0 aliphatic heterocycles. The number of methoxy groups -OCH3 is 1. The number of hydrogen-bond acceptors (Lipinski definition) is 2. The predicted molar refractivity (Wildman–Crippen MR) is 85.1 cm³/mol. The molecule has 0 aliphatic carbocycles. The summed E-state index contributed by atoms with van der Waals surface area (Å²) in [7, 11) is 1.47. The Morgan fingerprint density at radius 1 is 1.30 bits per heavy atom. The summed E-state index contributed by atoms with van der Waals surface area (Å²) in [5, 5.41) is 2.96. The minimum absolute atomic E-state index is 0.0603. The van der Waals surface area contributed by atoms with E-state index >= 15 is 0 Å². The molecule has 0 aromatic heterocycles. The van der Waals surface area contributed by atoms with Crippen molar-refractivity contribution in [3.8, 4) is 5.75 Å². The molecule has 2 rings (SSSR count). The van der Waals surface area contributed by atoms with Crippen molar-refractivity contribution in [1.82, 2.24) is 0 Å². The zero-order valence-corrected chi connectivity index (χ0v) is 13.3. The number of anilines is 1. The first kappa shape index (κ1) is 15.1. The number of halogens is 3. The van der Waals surface area contributed by atoms with Crippen LogP contribution in [-0.2, 0) is 0 Å². The molecule has 2 aromatic rings. The summed E-state index contributed by atoms with van der Waals surface area (Å²) in [6.07, 6.45) is 0. The van der Waals surface area contributed by atoms with Gasteiger partial charge in [0.15, 0.2) is 0 Å². The van der Waals surface area contributed by atoms with Crippen molar-refractivity contribution in [3.63, 3.8) is 0 Å². The first-order valence-electron chi connectivity index (χ1n) is 5.61. The van der Waals surface area contributed by atoms with Gasteiger partial charge in [-0.25, -0.2) is 4.39 Å². The highest BCUT2D eigenvalue weighted by Gasteiger charge is 2.13. The molecule has 0 radical (unpaired) electrons. The lowest BCUT2D eigenvalue weighted by atomic mass is 10.2. The Kier molecular flexibility index (Phi) is 4.82. The molecule has 20 heavy (non-hydrogen) atoms. The van der Waals surface area contributed by atoms with E-state index in [2.05, 4.69) is 5.32 Å². The molecule has 0 saturated carbocycles. The maximum absolute atomic E-state index is 13.7. The number of benzene rings is 2. The second kappa shape index (κ2) is 6.41. The molecule has 104 valence electrons. The fraction of sp³-hybridized carbons (Fsp3) is 0.0714. The van der Waals surface area contributed by atoms with Crippen LogP contribution in [0.15, 0.2) is 36.4 Å². The molecule has 0 saturated heterocycles. The van der Waals surface area contributed by atoms with Crippen LogP contribution in [-0.4, -0.2) is 13.0 Å². The lowest BCUT2D eigenvalue weighted by Gasteiger charge is -2.09. The van der Waals surface area contributed by atoms with E-state index in [4.69, 9.17) is 16.3 Å². The fourth-order valence-electron chi connectivity index (χ4n) is 1.59. The van der Waals surface area contributed by atoms with Crippen LogP contribution in [0.1, 0.15) is 10.4 Å². The first-order chi connectivity index (χ1) is 9.51. The standard InChI is InChI=1S/C14H10ClFINO2/c1-20-9-3-4-11(16)13(7-9)18-14(19)10-6-8(15)2-5-12(10)17/h2-7H,1H3,(H,18,19). The number of amides is 1. The van der Waals surface area contributed by atoms with Gasteiger partial charge in [-0.15, -0.1) is 0 Å². The molecule has 0 bridgehead atoms. The molecule has 0 fully saturated rings. The predicted octanol–water partition coefficient (Wildman–Crippen LogP) is 4.34. The van der Waals surface area contributed by atoms with Gasteiger partial charge in [0, 0.05) is 14.7 Å². The van der Waals surface area contributed by atoms with Crippen LogP contribution in [0.5, 0.6) is 5.75 Å². The molecule has 0 atom stereocenters. The molecule has 0 heterocycles. The largest absolute Gasteiger partial charge is 0.497 e. The van der Waals surface area contributed by atoms with Gasteiger partial charge in [0.05, 0.1) is 18.4 Å². The fourth-order valence-corrected chi connectivity index (χ4v) is 2.34. The SMILES string of the molecule is COc1ccc(F)c(NC(=O)c2cc(Cl)ccc2I)c1. The van der Waals surface area contributed by atoms with Crippen LogP contribution < -0.4 is 10.1 Å². The zero-order valence-electron chi connectivity index (χ0n) is 10.4. The summed E-state index contributed by atoms with van der Waals surface area (Å²) >= 11 is 7.89. The number of carbonyl (C=O) groups excluding carboxylic acids is 1. The van der Waals surface area contributed by atoms with Crippen LogP contribution in [0.4, 0.5) is 10.1 Å². The highest BCUT2D eigenvalue weighted by Crippen LogP contribution is 2.23. The molecule has 0 aliphatic rings. The third-order valence-electron chi connectivity index (χ3n) is 2.59. The Morgan fingerprint density at radius 3 is 2.75 bits per heavy atom. The average Bonchev–Trinajstić information content (AvgIpc) is 2.43. The lowest BCUT2D eigenvalue weighted by Crippen LogP contribution is -2.14. The number of carbonyl (C=O) groups is 1. The van der Waals surface area contributed by atoms with Crippen LogP contribution in [0, 0.1) is 9.39 Å². The molecule has 1 N–H and O–H groups in total. The number of nitrogens with one attached hydrogen (secondary N) is 1. The first-order valence-corrected chi connectivity index (χ1v) is 7.07. The van der Waals surface area contributed by atoms with E-state index in [0.29, 0.717) is 16.3 Å². The number of hydrogen-bond donors (Lipinski definition) is 1. The molecule has 2 aromatic carbocycles. The van der Waals surface area contributed by atoms with E-state index in [1.165, 1.54) is 31.4 Å². The van der Waals surface area contributed by atoms with Gasteiger partial charge in [0.2, 0.25) is 0 Å². The van der Waals surface area contributed by atoms with E-state index in [-0.39, 0.29) is 5.69 Å². The minimum Gasteiger partial charge on any atom is -0.497 e. The Morgan fingerprint density at radius 2 is 2.05 bits per heavy atom. The van der Waals surface area contributed by atoms with Gasteiger partial charge in [-0.1, -0.05) is 11.6 Å². The van der Waals surface area contributed by atoms with E-state index in [9.17, 15) is 9.18 Å². The molecular weight excluding hydrogens is 396 g/mol. The zero-order chi connectivity index (χ0) is 14.7. The van der Waals surface area contributed by atoms with Crippen molar-refractivity contribution in [2.75, 3.05) is 12.4 Å². The summed E-state index contributed by atoms with van der Waals surface area (Å²) < 4.78 is 19.4. The topological polar surface area (TPSA) is 38.3 Å². The molecule has 0 unspecified atom stereocenters. The molecule has 6 heteroatoms. The van der Waals surface area contributed by atoms with Crippen LogP contribution >= 0.6 is 34.2 Å². The molecule has 1 amide bonds. The highest BCUT2D eigenvalue weighted by molar-refractivity contribution is 14.1.